The van der Waals surface area contributed by atoms with Crippen LogP contribution in [0.3, 0.4) is 0 Å². The minimum absolute atomic E-state index is 0.337. The van der Waals surface area contributed by atoms with Crippen molar-refractivity contribution in [2.24, 2.45) is 0 Å². The van der Waals surface area contributed by atoms with Crippen LogP contribution in [0.15, 0.2) is 66.7 Å². The van der Waals surface area contributed by atoms with Crippen LogP contribution < -0.4 is 5.32 Å². The highest BCUT2D eigenvalue weighted by Gasteiger charge is 2.22. The molecule has 1 amide bonds. The van der Waals surface area contributed by atoms with Gasteiger partial charge in [0.15, 0.2) is 0 Å². The molecule has 0 aliphatic heterocycles. The first kappa shape index (κ1) is 19.0. The maximum atomic E-state index is 12.5. The summed E-state index contributed by atoms with van der Waals surface area (Å²) in [5.41, 5.74) is 2.95. The van der Waals surface area contributed by atoms with Crippen LogP contribution in [0.5, 0.6) is 0 Å². The van der Waals surface area contributed by atoms with Gasteiger partial charge in [-0.25, -0.2) is 4.79 Å². The SMILES string of the molecule is C=C(C)C#Cc1ccc(C(=O)N[C@@H](Cc2ccccc2)C(=O)OC)cc1. The summed E-state index contributed by atoms with van der Waals surface area (Å²) in [5.74, 6) is 5.02. The number of methoxy groups -OCH3 is 1. The summed E-state index contributed by atoms with van der Waals surface area (Å²) in [5, 5.41) is 2.74. The Morgan fingerprint density at radius 1 is 1.12 bits per heavy atom. The maximum Gasteiger partial charge on any atom is 0.328 e. The Hall–Kier alpha value is -3.32. The zero-order chi connectivity index (χ0) is 18.9. The Morgan fingerprint density at radius 3 is 2.35 bits per heavy atom. The molecule has 0 aliphatic carbocycles. The molecule has 0 aliphatic rings. The number of rotatable bonds is 5. The molecule has 132 valence electrons. The number of nitrogens with one attached hydrogen (secondary N) is 1. The molecule has 0 aromatic heterocycles. The van der Waals surface area contributed by atoms with E-state index in [-0.39, 0.29) is 5.91 Å². The lowest BCUT2D eigenvalue weighted by atomic mass is 10.1. The van der Waals surface area contributed by atoms with Crippen LogP contribution in [0.2, 0.25) is 0 Å². The van der Waals surface area contributed by atoms with Crippen molar-refractivity contribution in [1.82, 2.24) is 5.32 Å². The molecule has 4 nitrogen and oxygen atoms in total. The lowest BCUT2D eigenvalue weighted by Gasteiger charge is -2.16. The highest BCUT2D eigenvalue weighted by molar-refractivity contribution is 5.96. The normalized spacial score (nSPS) is 10.8. The van der Waals surface area contributed by atoms with E-state index in [1.807, 2.05) is 37.3 Å². The largest absolute Gasteiger partial charge is 0.467 e. The molecule has 0 radical (unpaired) electrons. The second-order valence-corrected chi connectivity index (χ2v) is 5.85. The van der Waals surface area contributed by atoms with E-state index >= 15 is 0 Å². The van der Waals surface area contributed by atoms with Crippen molar-refractivity contribution in [2.45, 2.75) is 19.4 Å². The van der Waals surface area contributed by atoms with Gasteiger partial charge >= 0.3 is 5.97 Å². The Labute approximate surface area is 153 Å². The van der Waals surface area contributed by atoms with Crippen LogP contribution in [0.4, 0.5) is 0 Å². The van der Waals surface area contributed by atoms with Crippen molar-refractivity contribution >= 4 is 11.9 Å². The van der Waals surface area contributed by atoms with E-state index in [0.29, 0.717) is 12.0 Å². The summed E-state index contributed by atoms with van der Waals surface area (Å²) in [4.78, 5) is 24.5. The molecule has 0 saturated carbocycles. The van der Waals surface area contributed by atoms with Gasteiger partial charge in [-0.05, 0) is 42.3 Å². The summed E-state index contributed by atoms with van der Waals surface area (Å²) in [6.07, 6.45) is 0.363. The van der Waals surface area contributed by atoms with Crippen molar-refractivity contribution in [3.63, 3.8) is 0 Å². The van der Waals surface area contributed by atoms with Crippen LogP contribution in [0.1, 0.15) is 28.4 Å². The van der Waals surface area contributed by atoms with Crippen LogP contribution in [-0.4, -0.2) is 25.0 Å². The molecule has 0 saturated heterocycles. The van der Waals surface area contributed by atoms with Gasteiger partial charge in [0.05, 0.1) is 7.11 Å². The van der Waals surface area contributed by atoms with Gasteiger partial charge in [-0.2, -0.15) is 0 Å². The standard InChI is InChI=1S/C22H21NO3/c1-16(2)9-10-17-11-13-19(14-12-17)21(24)23-20(22(25)26-3)15-18-7-5-4-6-8-18/h4-8,11-14,20H,1,15H2,2-3H3,(H,23,24)/t20-/m0/s1. The molecule has 26 heavy (non-hydrogen) atoms. The third-order valence-electron chi connectivity index (χ3n) is 3.64. The summed E-state index contributed by atoms with van der Waals surface area (Å²) in [6, 6.07) is 15.6. The van der Waals surface area contributed by atoms with Gasteiger partial charge in [0.1, 0.15) is 6.04 Å². The zero-order valence-corrected chi connectivity index (χ0v) is 14.9. The van der Waals surface area contributed by atoms with E-state index in [1.54, 1.807) is 24.3 Å². The second kappa shape index (κ2) is 9.24. The predicted octanol–water partition coefficient (Wildman–Crippen LogP) is 3.13. The highest BCUT2D eigenvalue weighted by Crippen LogP contribution is 2.08. The number of esters is 1. The van der Waals surface area contributed by atoms with Gasteiger partial charge in [0.25, 0.3) is 5.91 Å². The quantitative estimate of drug-likeness (QED) is 0.668. The summed E-state index contributed by atoms with van der Waals surface area (Å²) in [6.45, 7) is 5.55. The van der Waals surface area contributed by atoms with E-state index in [0.717, 1.165) is 16.7 Å². The van der Waals surface area contributed by atoms with E-state index < -0.39 is 12.0 Å². The van der Waals surface area contributed by atoms with Crippen molar-refractivity contribution in [3.05, 3.63) is 83.4 Å². The zero-order valence-electron chi connectivity index (χ0n) is 14.9. The Morgan fingerprint density at radius 2 is 1.77 bits per heavy atom. The second-order valence-electron chi connectivity index (χ2n) is 5.85. The number of hydrogen-bond acceptors (Lipinski definition) is 3. The number of benzene rings is 2. The minimum Gasteiger partial charge on any atom is -0.467 e. The predicted molar refractivity (Wildman–Crippen MR) is 102 cm³/mol. The fourth-order valence-electron chi connectivity index (χ4n) is 2.31. The van der Waals surface area contributed by atoms with Crippen molar-refractivity contribution in [3.8, 4) is 11.8 Å². The molecule has 0 spiro atoms. The van der Waals surface area contributed by atoms with Crippen LogP contribution in [0.25, 0.3) is 0 Å². The lowest BCUT2D eigenvalue weighted by molar-refractivity contribution is -0.142. The van der Waals surface area contributed by atoms with E-state index in [9.17, 15) is 9.59 Å². The monoisotopic (exact) mass is 347 g/mol. The fraction of sp³-hybridized carbons (Fsp3) is 0.182. The van der Waals surface area contributed by atoms with Gasteiger partial charge in [0, 0.05) is 17.5 Å². The third-order valence-corrected chi connectivity index (χ3v) is 3.64. The molecule has 0 unspecified atom stereocenters. The molecular formula is C22H21NO3. The molecule has 2 aromatic rings. The molecule has 0 heterocycles. The van der Waals surface area contributed by atoms with Gasteiger partial charge in [0.2, 0.25) is 0 Å². The summed E-state index contributed by atoms with van der Waals surface area (Å²) < 4.78 is 4.81. The highest BCUT2D eigenvalue weighted by atomic mass is 16.5. The van der Waals surface area contributed by atoms with Crippen molar-refractivity contribution in [2.75, 3.05) is 7.11 Å². The average molecular weight is 347 g/mol. The lowest BCUT2D eigenvalue weighted by Crippen LogP contribution is -2.43. The smallest absolute Gasteiger partial charge is 0.328 e. The topological polar surface area (TPSA) is 55.4 Å². The Kier molecular flexibility index (Phi) is 6.75. The van der Waals surface area contributed by atoms with Crippen molar-refractivity contribution < 1.29 is 14.3 Å². The van der Waals surface area contributed by atoms with E-state index in [4.69, 9.17) is 4.74 Å². The molecule has 1 atom stereocenters. The first-order valence-electron chi connectivity index (χ1n) is 8.20. The fourth-order valence-corrected chi connectivity index (χ4v) is 2.31. The van der Waals surface area contributed by atoms with Gasteiger partial charge < -0.3 is 10.1 Å². The summed E-state index contributed by atoms with van der Waals surface area (Å²) >= 11 is 0. The molecule has 1 N–H and O–H groups in total. The molecule has 4 heteroatoms. The molecule has 2 rings (SSSR count). The van der Waals surface area contributed by atoms with Crippen LogP contribution >= 0.6 is 0 Å². The molecule has 2 aromatic carbocycles. The number of carbonyl (C=O) groups excluding carboxylic acids is 2. The summed E-state index contributed by atoms with van der Waals surface area (Å²) in [7, 11) is 1.31. The first-order valence-corrected chi connectivity index (χ1v) is 8.20. The number of allylic oxidation sites excluding steroid dienone is 1. The third kappa shape index (κ3) is 5.64. The number of ether oxygens (including phenoxy) is 1. The molecule has 0 fully saturated rings. The number of hydrogen-bond donors (Lipinski definition) is 1. The maximum absolute atomic E-state index is 12.5. The first-order chi connectivity index (χ1) is 12.5. The van der Waals surface area contributed by atoms with Crippen LogP contribution in [0, 0.1) is 11.8 Å². The van der Waals surface area contributed by atoms with Gasteiger partial charge in [-0.1, -0.05) is 48.8 Å². The van der Waals surface area contributed by atoms with Gasteiger partial charge in [-0.3, -0.25) is 4.79 Å². The average Bonchev–Trinajstić information content (AvgIpc) is 2.66. The van der Waals surface area contributed by atoms with E-state index in [2.05, 4.69) is 23.7 Å². The Balaban J connectivity index is 2.10. The van der Waals surface area contributed by atoms with Crippen molar-refractivity contribution in [1.29, 1.82) is 0 Å². The Bertz CT molecular complexity index is 842. The van der Waals surface area contributed by atoms with Crippen LogP contribution in [-0.2, 0) is 16.0 Å². The van der Waals surface area contributed by atoms with E-state index in [1.165, 1.54) is 7.11 Å². The minimum atomic E-state index is -0.752. The van der Waals surface area contributed by atoms with Gasteiger partial charge in [-0.15, -0.1) is 0 Å². The molecular weight excluding hydrogens is 326 g/mol. The number of carbonyl (C=O) groups is 2. The number of amides is 1. The molecule has 0 bridgehead atoms.